The first-order valence-electron chi connectivity index (χ1n) is 3.24. The second-order valence-electron chi connectivity index (χ2n) is 2.58. The van der Waals surface area contributed by atoms with E-state index in [0.29, 0.717) is 5.06 Å². The Morgan fingerprint density at radius 2 is 1.85 bits per heavy atom. The molecule has 1 aliphatic heterocycles. The van der Waals surface area contributed by atoms with E-state index in [9.17, 15) is 21.6 Å². The lowest BCUT2D eigenvalue weighted by molar-refractivity contribution is -0.137. The number of nitrogens with zero attached hydrogens (tertiary/aromatic N) is 1. The van der Waals surface area contributed by atoms with E-state index < -0.39 is 15.6 Å². The first-order chi connectivity index (χ1) is 5.72. The highest BCUT2D eigenvalue weighted by atomic mass is 32.2. The molecule has 13 heavy (non-hydrogen) atoms. The summed E-state index contributed by atoms with van der Waals surface area (Å²) in [5.74, 6) is 0. The van der Waals surface area contributed by atoms with E-state index in [4.69, 9.17) is 5.73 Å². The standard InChI is InChI=1S/C4H7F3N2O3S/c5-4(6,7)13(10,11)12-9-1-3(8)2-9/h3H,1-2,8H2. The van der Waals surface area contributed by atoms with Gasteiger partial charge in [-0.3, -0.25) is 0 Å². The number of hydroxylamine groups is 2. The van der Waals surface area contributed by atoms with Crippen LogP contribution in [0.1, 0.15) is 0 Å². The molecule has 1 rings (SSSR count). The van der Waals surface area contributed by atoms with E-state index in [2.05, 4.69) is 4.28 Å². The zero-order chi connectivity index (χ0) is 10.3. The van der Waals surface area contributed by atoms with Gasteiger partial charge in [0, 0.05) is 19.1 Å². The lowest BCUT2D eigenvalue weighted by Gasteiger charge is -2.34. The van der Waals surface area contributed by atoms with Crippen molar-refractivity contribution in [1.29, 1.82) is 0 Å². The summed E-state index contributed by atoms with van der Waals surface area (Å²) in [6.07, 6.45) is 0. The highest BCUT2D eigenvalue weighted by molar-refractivity contribution is 7.87. The van der Waals surface area contributed by atoms with Crippen LogP contribution in [0.15, 0.2) is 0 Å². The maximum atomic E-state index is 11.7. The third-order valence-electron chi connectivity index (χ3n) is 1.36. The largest absolute Gasteiger partial charge is 0.524 e. The summed E-state index contributed by atoms with van der Waals surface area (Å²) in [6, 6.07) is -0.330. The Morgan fingerprint density at radius 1 is 1.38 bits per heavy atom. The van der Waals surface area contributed by atoms with Crippen molar-refractivity contribution >= 4 is 10.1 Å². The summed E-state index contributed by atoms with van der Waals surface area (Å²) < 4.78 is 59.4. The molecule has 0 radical (unpaired) electrons. The van der Waals surface area contributed by atoms with E-state index in [1.165, 1.54) is 0 Å². The van der Waals surface area contributed by atoms with Gasteiger partial charge in [-0.25, -0.2) is 0 Å². The van der Waals surface area contributed by atoms with Crippen LogP contribution in [0.2, 0.25) is 0 Å². The van der Waals surface area contributed by atoms with Crippen LogP contribution in [-0.4, -0.2) is 38.1 Å². The Hall–Kier alpha value is -0.380. The third-order valence-corrected chi connectivity index (χ3v) is 2.34. The van der Waals surface area contributed by atoms with Crippen LogP contribution in [0.4, 0.5) is 13.2 Å². The van der Waals surface area contributed by atoms with Crippen molar-refractivity contribution in [3.05, 3.63) is 0 Å². The fraction of sp³-hybridized carbons (Fsp3) is 1.00. The number of hydrogen-bond donors (Lipinski definition) is 1. The molecule has 0 unspecified atom stereocenters. The van der Waals surface area contributed by atoms with Gasteiger partial charge in [-0.05, 0) is 0 Å². The molecule has 0 aromatic carbocycles. The molecule has 1 heterocycles. The Kier molecular flexibility index (Phi) is 2.54. The summed E-state index contributed by atoms with van der Waals surface area (Å²) in [6.45, 7) is -0.0371. The molecule has 0 aromatic heterocycles. The summed E-state index contributed by atoms with van der Waals surface area (Å²) in [5.41, 5.74) is -0.183. The highest BCUT2D eigenvalue weighted by Crippen LogP contribution is 2.26. The lowest BCUT2D eigenvalue weighted by Crippen LogP contribution is -2.56. The molecule has 1 fully saturated rings. The number of alkyl halides is 3. The predicted molar refractivity (Wildman–Crippen MR) is 35.6 cm³/mol. The molecule has 0 aromatic rings. The van der Waals surface area contributed by atoms with E-state index in [1.54, 1.807) is 0 Å². The van der Waals surface area contributed by atoms with Crippen LogP contribution in [0.3, 0.4) is 0 Å². The van der Waals surface area contributed by atoms with Gasteiger partial charge in [0.1, 0.15) is 0 Å². The molecule has 1 aliphatic rings. The van der Waals surface area contributed by atoms with Crippen molar-refractivity contribution in [2.75, 3.05) is 13.1 Å². The normalized spacial score (nSPS) is 21.5. The van der Waals surface area contributed by atoms with Crippen molar-refractivity contribution in [1.82, 2.24) is 5.06 Å². The van der Waals surface area contributed by atoms with E-state index in [1.807, 2.05) is 0 Å². The zero-order valence-corrected chi connectivity index (χ0v) is 7.10. The molecule has 5 nitrogen and oxygen atoms in total. The Labute approximate surface area is 72.3 Å². The van der Waals surface area contributed by atoms with E-state index in [0.717, 1.165) is 0 Å². The Morgan fingerprint density at radius 3 is 2.15 bits per heavy atom. The van der Waals surface area contributed by atoms with Crippen LogP contribution in [-0.2, 0) is 14.4 Å². The van der Waals surface area contributed by atoms with Gasteiger partial charge in [0.15, 0.2) is 0 Å². The first kappa shape index (κ1) is 10.7. The van der Waals surface area contributed by atoms with Crippen molar-refractivity contribution in [3.8, 4) is 0 Å². The first-order valence-corrected chi connectivity index (χ1v) is 4.64. The van der Waals surface area contributed by atoms with Crippen molar-refractivity contribution in [2.45, 2.75) is 11.6 Å². The maximum Gasteiger partial charge on any atom is 0.524 e. The molecule has 0 aliphatic carbocycles. The highest BCUT2D eigenvalue weighted by Gasteiger charge is 2.49. The van der Waals surface area contributed by atoms with Crippen LogP contribution in [0.25, 0.3) is 0 Å². The second kappa shape index (κ2) is 3.08. The molecule has 0 spiro atoms. The summed E-state index contributed by atoms with van der Waals surface area (Å²) in [7, 11) is -5.51. The van der Waals surface area contributed by atoms with Gasteiger partial charge >= 0.3 is 15.6 Å². The van der Waals surface area contributed by atoms with Crippen molar-refractivity contribution < 1.29 is 25.9 Å². The average molecular weight is 220 g/mol. The summed E-state index contributed by atoms with van der Waals surface area (Å²) in [4.78, 5) is 0. The molecular weight excluding hydrogens is 213 g/mol. The number of nitrogens with two attached hydrogens (primary N) is 1. The van der Waals surface area contributed by atoms with Gasteiger partial charge in [0.25, 0.3) is 0 Å². The molecule has 0 atom stereocenters. The van der Waals surface area contributed by atoms with Gasteiger partial charge in [0.05, 0.1) is 0 Å². The molecule has 9 heteroatoms. The van der Waals surface area contributed by atoms with Crippen LogP contribution in [0.5, 0.6) is 0 Å². The molecule has 0 bridgehead atoms. The SMILES string of the molecule is NC1CN(OS(=O)(=O)C(F)(F)F)C1. The van der Waals surface area contributed by atoms with Gasteiger partial charge in [0.2, 0.25) is 0 Å². The van der Waals surface area contributed by atoms with Gasteiger partial charge in [-0.15, -0.1) is 0 Å². The minimum atomic E-state index is -5.51. The number of halogens is 3. The molecule has 78 valence electrons. The molecule has 1 saturated heterocycles. The Balaban J connectivity index is 2.54. The molecule has 2 N–H and O–H groups in total. The lowest BCUT2D eigenvalue weighted by atomic mass is 10.2. The van der Waals surface area contributed by atoms with E-state index >= 15 is 0 Å². The number of hydrogen-bond acceptors (Lipinski definition) is 5. The molecule has 0 saturated carbocycles. The summed E-state index contributed by atoms with van der Waals surface area (Å²) >= 11 is 0. The number of rotatable bonds is 2. The van der Waals surface area contributed by atoms with Crippen molar-refractivity contribution in [2.24, 2.45) is 5.73 Å². The Bertz CT molecular complexity index is 281. The third kappa shape index (κ3) is 2.30. The smallest absolute Gasteiger partial charge is 0.325 e. The zero-order valence-electron chi connectivity index (χ0n) is 6.28. The van der Waals surface area contributed by atoms with Gasteiger partial charge < -0.3 is 5.73 Å². The van der Waals surface area contributed by atoms with Crippen LogP contribution < -0.4 is 5.73 Å². The van der Waals surface area contributed by atoms with E-state index in [-0.39, 0.29) is 19.1 Å². The monoisotopic (exact) mass is 220 g/mol. The van der Waals surface area contributed by atoms with Gasteiger partial charge in [-0.1, -0.05) is 0 Å². The fourth-order valence-electron chi connectivity index (χ4n) is 0.712. The van der Waals surface area contributed by atoms with Crippen LogP contribution in [0, 0.1) is 0 Å². The summed E-state index contributed by atoms with van der Waals surface area (Å²) in [5, 5.41) is 0.646. The topological polar surface area (TPSA) is 72.6 Å². The average Bonchev–Trinajstić information content (AvgIpc) is 1.80. The predicted octanol–water partition coefficient (Wildman–Crippen LogP) is -0.589. The maximum absolute atomic E-state index is 11.7. The second-order valence-corrected chi connectivity index (χ2v) is 4.10. The quantitative estimate of drug-likeness (QED) is 0.630. The van der Waals surface area contributed by atoms with Gasteiger partial charge in [-0.2, -0.15) is 30.9 Å². The molecule has 0 amide bonds. The minimum absolute atomic E-state index is 0.0185. The van der Waals surface area contributed by atoms with Crippen LogP contribution >= 0.6 is 0 Å². The van der Waals surface area contributed by atoms with Crippen molar-refractivity contribution in [3.63, 3.8) is 0 Å². The molecular formula is C4H7F3N2O3S. The minimum Gasteiger partial charge on any atom is -0.325 e. The fourth-order valence-corrected chi connectivity index (χ4v) is 1.20.